The predicted molar refractivity (Wildman–Crippen MR) is 124 cm³/mol. The quantitative estimate of drug-likeness (QED) is 0.439. The number of nitro groups is 1. The second-order valence-corrected chi connectivity index (χ2v) is 12.2. The fraction of sp³-hybridized carbons (Fsp3) is 0.667. The fourth-order valence-corrected chi connectivity index (χ4v) is 4.48. The summed E-state index contributed by atoms with van der Waals surface area (Å²) in [5.41, 5.74) is -1.16. The van der Waals surface area contributed by atoms with Crippen molar-refractivity contribution in [2.24, 2.45) is 10.8 Å². The van der Waals surface area contributed by atoms with E-state index >= 15 is 0 Å². The first kappa shape index (κ1) is 26.6. The van der Waals surface area contributed by atoms with Gasteiger partial charge in [0.05, 0.1) is 4.92 Å². The van der Waals surface area contributed by atoms with Crippen molar-refractivity contribution in [1.29, 1.82) is 0 Å². The molecular weight excluding hydrogens is 394 g/mol. The Bertz CT molecular complexity index is 783. The van der Waals surface area contributed by atoms with Crippen molar-refractivity contribution in [3.8, 4) is 0 Å². The average Bonchev–Trinajstić information content (AvgIpc) is 2.48. The Morgan fingerprint density at radius 1 is 0.742 bits per heavy atom. The van der Waals surface area contributed by atoms with Gasteiger partial charge in [-0.05, 0) is 57.4 Å². The molecule has 1 rings (SSSR count). The highest BCUT2D eigenvalue weighted by atomic mass is 16.6. The molecule has 31 heavy (non-hydrogen) atoms. The molecule has 0 spiro atoms. The molecule has 0 saturated heterocycles. The van der Waals surface area contributed by atoms with Crippen LogP contribution in [0.5, 0.6) is 0 Å². The van der Waals surface area contributed by atoms with Crippen molar-refractivity contribution in [2.75, 3.05) is 0 Å². The van der Waals surface area contributed by atoms with Crippen LogP contribution in [0.15, 0.2) is 18.2 Å². The van der Waals surface area contributed by atoms with Gasteiger partial charge in [0.1, 0.15) is 0 Å². The van der Waals surface area contributed by atoms with Crippen molar-refractivity contribution < 1.29 is 14.5 Å². The Kier molecular flexibility index (Phi) is 7.69. The Hall–Kier alpha value is -2.44. The molecule has 7 heteroatoms. The van der Waals surface area contributed by atoms with Crippen LogP contribution in [0, 0.1) is 20.9 Å². The fourth-order valence-electron chi connectivity index (χ4n) is 4.48. The van der Waals surface area contributed by atoms with E-state index in [1.165, 1.54) is 18.2 Å². The molecular formula is C24H39N3O4. The lowest BCUT2D eigenvalue weighted by atomic mass is 9.81. The zero-order valence-electron chi connectivity index (χ0n) is 20.7. The zero-order chi connectivity index (χ0) is 24.4. The summed E-state index contributed by atoms with van der Waals surface area (Å²) in [5, 5.41) is 17.3. The second-order valence-electron chi connectivity index (χ2n) is 12.2. The molecule has 0 aromatic heterocycles. The maximum absolute atomic E-state index is 12.9. The van der Waals surface area contributed by atoms with Crippen molar-refractivity contribution in [3.05, 3.63) is 39.4 Å². The highest BCUT2D eigenvalue weighted by molar-refractivity contribution is 6.01. The van der Waals surface area contributed by atoms with E-state index in [4.69, 9.17) is 0 Å². The molecule has 7 nitrogen and oxygen atoms in total. The van der Waals surface area contributed by atoms with Gasteiger partial charge in [-0.1, -0.05) is 41.5 Å². The molecule has 0 bridgehead atoms. The SMILES string of the molecule is CC(C)(C)CC(C)(C)NC(=O)c1cc(C(=O)NC(C)(C)CC(C)(C)C)cc([N+](=O)[O-])c1. The van der Waals surface area contributed by atoms with Crippen LogP contribution in [0.25, 0.3) is 0 Å². The molecule has 0 aliphatic heterocycles. The number of non-ortho nitro benzene ring substituents is 1. The molecule has 0 radical (unpaired) electrons. The minimum atomic E-state index is -0.589. The van der Waals surface area contributed by atoms with Gasteiger partial charge in [-0.2, -0.15) is 0 Å². The van der Waals surface area contributed by atoms with Gasteiger partial charge in [0.2, 0.25) is 0 Å². The molecule has 0 aliphatic carbocycles. The Morgan fingerprint density at radius 2 is 1.06 bits per heavy atom. The summed E-state index contributed by atoms with van der Waals surface area (Å²) in [6.45, 7) is 20.1. The molecule has 2 amide bonds. The van der Waals surface area contributed by atoms with Crippen LogP contribution in [0.3, 0.4) is 0 Å². The minimum Gasteiger partial charge on any atom is -0.347 e. The first-order valence-electron chi connectivity index (χ1n) is 10.6. The maximum Gasteiger partial charge on any atom is 0.271 e. The lowest BCUT2D eigenvalue weighted by molar-refractivity contribution is -0.384. The van der Waals surface area contributed by atoms with E-state index in [1.807, 2.05) is 27.7 Å². The molecule has 0 atom stereocenters. The summed E-state index contributed by atoms with van der Waals surface area (Å²) in [5.74, 6) is -0.887. The number of benzene rings is 1. The van der Waals surface area contributed by atoms with Crippen molar-refractivity contribution in [1.82, 2.24) is 10.6 Å². The Morgan fingerprint density at radius 3 is 1.32 bits per heavy atom. The lowest BCUT2D eigenvalue weighted by Crippen LogP contribution is -2.46. The highest BCUT2D eigenvalue weighted by Crippen LogP contribution is 2.29. The van der Waals surface area contributed by atoms with E-state index < -0.39 is 27.8 Å². The van der Waals surface area contributed by atoms with E-state index in [2.05, 4.69) is 52.2 Å². The van der Waals surface area contributed by atoms with E-state index in [1.54, 1.807) is 0 Å². The van der Waals surface area contributed by atoms with Crippen molar-refractivity contribution in [3.63, 3.8) is 0 Å². The number of rotatable bonds is 7. The second kappa shape index (κ2) is 8.97. The third kappa shape index (κ3) is 9.49. The standard InChI is InChI=1S/C24H39N3O4/c1-21(2,3)14-23(7,8)25-19(28)16-11-17(13-18(12-16)27(30)31)20(29)26-24(9,10)15-22(4,5)6/h11-13H,14-15H2,1-10H3,(H,25,28)(H,26,29). The summed E-state index contributed by atoms with van der Waals surface area (Å²) >= 11 is 0. The summed E-state index contributed by atoms with van der Waals surface area (Å²) in [7, 11) is 0. The molecule has 1 aromatic rings. The van der Waals surface area contributed by atoms with E-state index in [-0.39, 0.29) is 27.6 Å². The molecule has 0 heterocycles. The van der Waals surface area contributed by atoms with Gasteiger partial charge in [0.15, 0.2) is 0 Å². The molecule has 0 aliphatic rings. The first-order chi connectivity index (χ1) is 13.7. The summed E-state index contributed by atoms with van der Waals surface area (Å²) in [4.78, 5) is 36.7. The lowest BCUT2D eigenvalue weighted by Gasteiger charge is -2.33. The number of carbonyl (C=O) groups is 2. The smallest absolute Gasteiger partial charge is 0.271 e. The molecule has 2 N–H and O–H groups in total. The number of hydrogen-bond acceptors (Lipinski definition) is 4. The summed E-state index contributed by atoms with van der Waals surface area (Å²) in [6, 6.07) is 3.83. The van der Waals surface area contributed by atoms with Gasteiger partial charge in [0, 0.05) is 34.3 Å². The van der Waals surface area contributed by atoms with Crippen LogP contribution in [-0.2, 0) is 0 Å². The zero-order valence-corrected chi connectivity index (χ0v) is 20.7. The number of nitrogens with one attached hydrogen (secondary N) is 2. The maximum atomic E-state index is 12.9. The monoisotopic (exact) mass is 433 g/mol. The summed E-state index contributed by atoms with van der Waals surface area (Å²) < 4.78 is 0. The Labute approximate surface area is 186 Å². The number of nitro benzene ring substituents is 1. The van der Waals surface area contributed by atoms with E-state index in [0.29, 0.717) is 0 Å². The van der Waals surface area contributed by atoms with Gasteiger partial charge in [-0.15, -0.1) is 0 Å². The van der Waals surface area contributed by atoms with Crippen molar-refractivity contribution >= 4 is 17.5 Å². The molecule has 0 fully saturated rings. The van der Waals surface area contributed by atoms with Crippen LogP contribution >= 0.6 is 0 Å². The Balaban J connectivity index is 3.22. The number of amides is 2. The van der Waals surface area contributed by atoms with E-state index in [0.717, 1.165) is 12.8 Å². The molecule has 0 unspecified atom stereocenters. The average molecular weight is 434 g/mol. The van der Waals surface area contributed by atoms with Crippen LogP contribution in [0.1, 0.15) is 103 Å². The largest absolute Gasteiger partial charge is 0.347 e. The topological polar surface area (TPSA) is 101 Å². The molecule has 1 aromatic carbocycles. The van der Waals surface area contributed by atoms with Crippen LogP contribution in [0.2, 0.25) is 0 Å². The van der Waals surface area contributed by atoms with Gasteiger partial charge < -0.3 is 10.6 Å². The van der Waals surface area contributed by atoms with Crippen molar-refractivity contribution in [2.45, 2.75) is 93.2 Å². The van der Waals surface area contributed by atoms with E-state index in [9.17, 15) is 19.7 Å². The number of carbonyl (C=O) groups excluding carboxylic acids is 2. The van der Waals surface area contributed by atoms with Crippen LogP contribution in [-0.4, -0.2) is 27.8 Å². The molecule has 174 valence electrons. The first-order valence-corrected chi connectivity index (χ1v) is 10.6. The summed E-state index contributed by atoms with van der Waals surface area (Å²) in [6.07, 6.45) is 1.43. The normalized spacial score (nSPS) is 13.0. The van der Waals surface area contributed by atoms with Crippen LogP contribution < -0.4 is 10.6 Å². The van der Waals surface area contributed by atoms with Gasteiger partial charge in [-0.3, -0.25) is 19.7 Å². The van der Waals surface area contributed by atoms with Crippen LogP contribution in [0.4, 0.5) is 5.69 Å². The third-order valence-corrected chi connectivity index (χ3v) is 4.50. The predicted octanol–water partition coefficient (Wildman–Crippen LogP) is 5.48. The number of nitrogens with zero attached hydrogens (tertiary/aromatic N) is 1. The van der Waals surface area contributed by atoms with Gasteiger partial charge in [0.25, 0.3) is 17.5 Å². The molecule has 0 saturated carbocycles. The third-order valence-electron chi connectivity index (χ3n) is 4.50. The van der Waals surface area contributed by atoms with Gasteiger partial charge >= 0.3 is 0 Å². The number of hydrogen-bond donors (Lipinski definition) is 2. The minimum absolute atomic E-state index is 0.0108. The van der Waals surface area contributed by atoms with Gasteiger partial charge in [-0.25, -0.2) is 0 Å². The highest BCUT2D eigenvalue weighted by Gasteiger charge is 2.30.